The molecule has 1 saturated heterocycles. The van der Waals surface area contributed by atoms with Crippen molar-refractivity contribution in [3.8, 4) is 5.75 Å². The van der Waals surface area contributed by atoms with Crippen LogP contribution < -0.4 is 5.32 Å². The zero-order valence-electron chi connectivity index (χ0n) is 8.11. The van der Waals surface area contributed by atoms with E-state index in [4.69, 9.17) is 0 Å². The van der Waals surface area contributed by atoms with E-state index in [1.54, 1.807) is 12.1 Å². The van der Waals surface area contributed by atoms with Gasteiger partial charge in [-0.25, -0.2) is 0 Å². The van der Waals surface area contributed by atoms with Gasteiger partial charge in [-0.05, 0) is 55.0 Å². The molecular weight excluding hydrogens is 174 g/mol. The Bertz CT molecular complexity index is 333. The molecule has 0 amide bonds. The van der Waals surface area contributed by atoms with Gasteiger partial charge in [0.1, 0.15) is 5.75 Å². The van der Waals surface area contributed by atoms with Crippen molar-refractivity contribution in [1.82, 2.24) is 5.32 Å². The van der Waals surface area contributed by atoms with E-state index < -0.39 is 0 Å². The molecule has 2 nitrogen and oxygen atoms in total. The van der Waals surface area contributed by atoms with Gasteiger partial charge in [-0.1, -0.05) is 12.1 Å². The zero-order valence-corrected chi connectivity index (χ0v) is 8.11. The van der Waals surface area contributed by atoms with E-state index in [0.29, 0.717) is 5.75 Å². The average Bonchev–Trinajstić information content (AvgIpc) is 2.52. The quantitative estimate of drug-likeness (QED) is 0.705. The molecule has 2 aliphatic rings. The molecule has 0 aromatic heterocycles. The molecule has 0 spiro atoms. The first-order valence-electron chi connectivity index (χ1n) is 5.34. The molecule has 2 heteroatoms. The van der Waals surface area contributed by atoms with Crippen LogP contribution in [0.2, 0.25) is 0 Å². The summed E-state index contributed by atoms with van der Waals surface area (Å²) < 4.78 is 0. The summed E-state index contributed by atoms with van der Waals surface area (Å²) in [6, 6.07) is 7.72. The normalized spacial score (nSPS) is 35.0. The second-order valence-corrected chi connectivity index (χ2v) is 4.52. The minimum absolute atomic E-state index is 0.370. The molecule has 1 aliphatic carbocycles. The topological polar surface area (TPSA) is 32.3 Å². The second kappa shape index (κ2) is 2.99. The van der Waals surface area contributed by atoms with E-state index in [1.165, 1.54) is 25.1 Å². The molecule has 1 heterocycles. The molecule has 3 rings (SSSR count). The maximum Gasteiger partial charge on any atom is 0.115 e. The van der Waals surface area contributed by atoms with Crippen LogP contribution in [0.15, 0.2) is 24.3 Å². The van der Waals surface area contributed by atoms with E-state index in [0.717, 1.165) is 17.8 Å². The van der Waals surface area contributed by atoms with Crippen LogP contribution in [0.5, 0.6) is 5.75 Å². The average molecular weight is 189 g/mol. The highest BCUT2D eigenvalue weighted by Crippen LogP contribution is 2.48. The Morgan fingerprint density at radius 2 is 1.93 bits per heavy atom. The number of aromatic hydroxyl groups is 1. The van der Waals surface area contributed by atoms with Crippen molar-refractivity contribution in [3.63, 3.8) is 0 Å². The van der Waals surface area contributed by atoms with E-state index in [-0.39, 0.29) is 0 Å². The van der Waals surface area contributed by atoms with Crippen molar-refractivity contribution in [2.75, 3.05) is 13.1 Å². The summed E-state index contributed by atoms with van der Waals surface area (Å²) in [4.78, 5) is 0. The van der Waals surface area contributed by atoms with Crippen molar-refractivity contribution in [2.24, 2.45) is 11.8 Å². The highest BCUT2D eigenvalue weighted by molar-refractivity contribution is 5.31. The summed E-state index contributed by atoms with van der Waals surface area (Å²) in [7, 11) is 0. The lowest BCUT2D eigenvalue weighted by Crippen LogP contribution is -2.33. The summed E-state index contributed by atoms with van der Waals surface area (Å²) in [5.74, 6) is 2.86. The van der Waals surface area contributed by atoms with E-state index in [2.05, 4.69) is 17.4 Å². The Labute approximate surface area is 84.0 Å². The van der Waals surface area contributed by atoms with Crippen molar-refractivity contribution in [3.05, 3.63) is 29.8 Å². The molecule has 1 saturated carbocycles. The van der Waals surface area contributed by atoms with Crippen molar-refractivity contribution >= 4 is 0 Å². The summed E-state index contributed by atoms with van der Waals surface area (Å²) in [6.45, 7) is 2.38. The number of rotatable bonds is 1. The highest BCUT2D eigenvalue weighted by atomic mass is 16.3. The predicted molar refractivity (Wildman–Crippen MR) is 55.3 cm³/mol. The molecule has 0 radical (unpaired) electrons. The van der Waals surface area contributed by atoms with Gasteiger partial charge in [0.05, 0.1) is 0 Å². The van der Waals surface area contributed by atoms with Gasteiger partial charge in [0.25, 0.3) is 0 Å². The lowest BCUT2D eigenvalue weighted by molar-refractivity contribution is 0.191. The summed E-state index contributed by atoms with van der Waals surface area (Å²) >= 11 is 0. The molecular formula is C12H15NO. The summed E-state index contributed by atoms with van der Waals surface area (Å²) in [6.07, 6.45) is 1.32. The standard InChI is InChI=1S/C12H15NO/c14-10-3-1-8(2-4-10)11-5-9-6-13-7-12(9)11/h1-4,9,11-14H,5-7H2. The molecule has 1 aliphatic heterocycles. The maximum atomic E-state index is 9.20. The minimum atomic E-state index is 0.370. The molecule has 74 valence electrons. The lowest BCUT2D eigenvalue weighted by Gasteiger charge is -2.40. The number of fused-ring (bicyclic) bond motifs is 1. The van der Waals surface area contributed by atoms with Gasteiger partial charge in [0, 0.05) is 0 Å². The van der Waals surface area contributed by atoms with Crippen LogP contribution >= 0.6 is 0 Å². The summed E-state index contributed by atoms with van der Waals surface area (Å²) in [5, 5.41) is 12.7. The smallest absolute Gasteiger partial charge is 0.115 e. The van der Waals surface area contributed by atoms with Crippen LogP contribution in [0, 0.1) is 11.8 Å². The monoisotopic (exact) mass is 189 g/mol. The number of benzene rings is 1. The second-order valence-electron chi connectivity index (χ2n) is 4.52. The molecule has 3 unspecified atom stereocenters. The third-order valence-electron chi connectivity index (χ3n) is 3.79. The largest absolute Gasteiger partial charge is 0.508 e. The lowest BCUT2D eigenvalue weighted by atomic mass is 9.64. The van der Waals surface area contributed by atoms with Gasteiger partial charge in [-0.15, -0.1) is 0 Å². The first kappa shape index (κ1) is 8.30. The van der Waals surface area contributed by atoms with Gasteiger partial charge < -0.3 is 10.4 Å². The fourth-order valence-corrected chi connectivity index (χ4v) is 2.89. The van der Waals surface area contributed by atoms with Gasteiger partial charge >= 0.3 is 0 Å². The van der Waals surface area contributed by atoms with Crippen LogP contribution in [-0.2, 0) is 0 Å². The fraction of sp³-hybridized carbons (Fsp3) is 0.500. The molecule has 1 aromatic carbocycles. The van der Waals surface area contributed by atoms with E-state index >= 15 is 0 Å². The van der Waals surface area contributed by atoms with Crippen molar-refractivity contribution < 1.29 is 5.11 Å². The number of hydrogen-bond donors (Lipinski definition) is 2. The number of phenolic OH excluding ortho intramolecular Hbond substituents is 1. The highest BCUT2D eigenvalue weighted by Gasteiger charge is 2.44. The Morgan fingerprint density at radius 1 is 1.14 bits per heavy atom. The van der Waals surface area contributed by atoms with Gasteiger partial charge in [-0.3, -0.25) is 0 Å². The van der Waals surface area contributed by atoms with Crippen molar-refractivity contribution in [2.45, 2.75) is 12.3 Å². The zero-order chi connectivity index (χ0) is 9.54. The molecule has 2 fully saturated rings. The van der Waals surface area contributed by atoms with Crippen LogP contribution in [0.1, 0.15) is 17.9 Å². The summed E-state index contributed by atoms with van der Waals surface area (Å²) in [5.41, 5.74) is 1.40. The molecule has 2 N–H and O–H groups in total. The fourth-order valence-electron chi connectivity index (χ4n) is 2.89. The molecule has 14 heavy (non-hydrogen) atoms. The Morgan fingerprint density at radius 3 is 2.64 bits per heavy atom. The minimum Gasteiger partial charge on any atom is -0.508 e. The predicted octanol–water partition coefficient (Wildman–Crippen LogP) is 1.72. The molecule has 3 atom stereocenters. The Balaban J connectivity index is 1.80. The van der Waals surface area contributed by atoms with E-state index in [9.17, 15) is 5.11 Å². The van der Waals surface area contributed by atoms with E-state index in [1.807, 2.05) is 0 Å². The molecule has 1 aromatic rings. The van der Waals surface area contributed by atoms with Gasteiger partial charge in [0.15, 0.2) is 0 Å². The van der Waals surface area contributed by atoms with Gasteiger partial charge in [0.2, 0.25) is 0 Å². The van der Waals surface area contributed by atoms with Gasteiger partial charge in [-0.2, -0.15) is 0 Å². The first-order valence-corrected chi connectivity index (χ1v) is 5.34. The maximum absolute atomic E-state index is 9.20. The van der Waals surface area contributed by atoms with Crippen LogP contribution in [-0.4, -0.2) is 18.2 Å². The first-order chi connectivity index (χ1) is 6.84. The molecule has 0 bridgehead atoms. The van der Waals surface area contributed by atoms with Crippen LogP contribution in [0.3, 0.4) is 0 Å². The number of nitrogens with one attached hydrogen (secondary N) is 1. The third kappa shape index (κ3) is 1.14. The number of hydrogen-bond acceptors (Lipinski definition) is 2. The Hall–Kier alpha value is -1.02. The van der Waals surface area contributed by atoms with Crippen LogP contribution in [0.4, 0.5) is 0 Å². The Kier molecular flexibility index (Phi) is 1.77. The SMILES string of the molecule is Oc1ccc(C2CC3CNCC32)cc1. The van der Waals surface area contributed by atoms with Crippen LogP contribution in [0.25, 0.3) is 0 Å². The number of phenols is 1. The third-order valence-corrected chi connectivity index (χ3v) is 3.79. The van der Waals surface area contributed by atoms with Crippen molar-refractivity contribution in [1.29, 1.82) is 0 Å².